The minimum atomic E-state index is -0.226. The second-order valence-corrected chi connectivity index (χ2v) is 5.77. The fraction of sp³-hybridized carbons (Fsp3) is 0.462. The van der Waals surface area contributed by atoms with Crippen LogP contribution in [-0.2, 0) is 6.54 Å². The Morgan fingerprint density at radius 1 is 1.42 bits per heavy atom. The summed E-state index contributed by atoms with van der Waals surface area (Å²) in [5, 5.41) is 11.7. The predicted molar refractivity (Wildman–Crippen MR) is 75.5 cm³/mol. The van der Waals surface area contributed by atoms with E-state index in [1.807, 2.05) is 6.07 Å². The monoisotopic (exact) mass is 329 g/mol. The Bertz CT molecular complexity index is 453. The largest absolute Gasteiger partial charge is 0.409 e. The highest BCUT2D eigenvalue weighted by Gasteiger charge is 2.22. The number of hydrogen-bond acceptors (Lipinski definition) is 3. The molecular formula is C13H17BrFN3O. The normalized spacial score (nSPS) is 18.7. The summed E-state index contributed by atoms with van der Waals surface area (Å²) in [6.07, 6.45) is 1.73. The van der Waals surface area contributed by atoms with Crippen molar-refractivity contribution in [3.8, 4) is 0 Å². The topological polar surface area (TPSA) is 61.9 Å². The van der Waals surface area contributed by atoms with E-state index < -0.39 is 0 Å². The lowest BCUT2D eigenvalue weighted by Crippen LogP contribution is -2.38. The number of likely N-dealkylation sites (tertiary alicyclic amines) is 1. The molecule has 1 aliphatic heterocycles. The van der Waals surface area contributed by atoms with Gasteiger partial charge in [-0.15, -0.1) is 0 Å². The number of hydrogen-bond donors (Lipinski definition) is 2. The van der Waals surface area contributed by atoms with Gasteiger partial charge in [-0.05, 0) is 49.7 Å². The molecule has 19 heavy (non-hydrogen) atoms. The van der Waals surface area contributed by atoms with Crippen LogP contribution in [0.3, 0.4) is 0 Å². The molecule has 0 aliphatic carbocycles. The van der Waals surface area contributed by atoms with Crippen molar-refractivity contribution in [1.29, 1.82) is 0 Å². The van der Waals surface area contributed by atoms with Gasteiger partial charge in [-0.3, -0.25) is 4.90 Å². The van der Waals surface area contributed by atoms with Gasteiger partial charge in [-0.25, -0.2) is 4.39 Å². The molecule has 1 aromatic carbocycles. The summed E-state index contributed by atoms with van der Waals surface area (Å²) < 4.78 is 14.0. The Morgan fingerprint density at radius 3 is 2.68 bits per heavy atom. The maximum atomic E-state index is 13.3. The van der Waals surface area contributed by atoms with Crippen molar-refractivity contribution in [2.45, 2.75) is 19.4 Å². The Kier molecular flexibility index (Phi) is 4.76. The molecule has 0 bridgehead atoms. The van der Waals surface area contributed by atoms with Gasteiger partial charge in [0.25, 0.3) is 0 Å². The van der Waals surface area contributed by atoms with E-state index in [2.05, 4.69) is 26.0 Å². The summed E-state index contributed by atoms with van der Waals surface area (Å²) in [5.41, 5.74) is 6.56. The molecule has 6 heteroatoms. The van der Waals surface area contributed by atoms with E-state index in [0.29, 0.717) is 5.84 Å². The maximum Gasteiger partial charge on any atom is 0.142 e. The van der Waals surface area contributed by atoms with Crippen LogP contribution in [0.1, 0.15) is 18.4 Å². The summed E-state index contributed by atoms with van der Waals surface area (Å²) >= 11 is 3.30. The number of nitrogens with two attached hydrogens (primary N) is 1. The van der Waals surface area contributed by atoms with Gasteiger partial charge >= 0.3 is 0 Å². The lowest BCUT2D eigenvalue weighted by atomic mass is 9.95. The van der Waals surface area contributed by atoms with Crippen molar-refractivity contribution >= 4 is 21.8 Å². The molecule has 0 saturated carbocycles. The molecule has 1 aromatic rings. The third-order valence-electron chi connectivity index (χ3n) is 3.45. The molecule has 104 valence electrons. The van der Waals surface area contributed by atoms with Crippen molar-refractivity contribution < 1.29 is 9.60 Å². The quantitative estimate of drug-likeness (QED) is 0.387. The number of oxime groups is 1. The van der Waals surface area contributed by atoms with Gasteiger partial charge < -0.3 is 10.9 Å². The van der Waals surface area contributed by atoms with Crippen LogP contribution in [0.4, 0.5) is 4.39 Å². The average molecular weight is 330 g/mol. The molecule has 1 fully saturated rings. The molecular weight excluding hydrogens is 313 g/mol. The van der Waals surface area contributed by atoms with Gasteiger partial charge in [0.15, 0.2) is 0 Å². The summed E-state index contributed by atoms with van der Waals surface area (Å²) in [4.78, 5) is 2.25. The molecule has 0 spiro atoms. The second-order valence-electron chi connectivity index (χ2n) is 4.85. The summed E-state index contributed by atoms with van der Waals surface area (Å²) in [5.74, 6) is 0.240. The molecule has 3 N–H and O–H groups in total. The zero-order valence-electron chi connectivity index (χ0n) is 10.5. The van der Waals surface area contributed by atoms with E-state index in [9.17, 15) is 4.39 Å². The van der Waals surface area contributed by atoms with Crippen LogP contribution >= 0.6 is 15.9 Å². The number of nitrogens with zero attached hydrogens (tertiary/aromatic N) is 2. The van der Waals surface area contributed by atoms with E-state index in [1.54, 1.807) is 6.07 Å². The highest BCUT2D eigenvalue weighted by Crippen LogP contribution is 2.21. The van der Waals surface area contributed by atoms with E-state index in [0.717, 1.165) is 42.5 Å². The zero-order chi connectivity index (χ0) is 13.8. The molecule has 1 saturated heterocycles. The molecule has 4 nitrogen and oxygen atoms in total. The first-order chi connectivity index (χ1) is 9.08. The third kappa shape index (κ3) is 3.91. The SMILES string of the molecule is NC(=NO)C1CCN(Cc2cc(F)cc(Br)c2)CC1. The van der Waals surface area contributed by atoms with Crippen molar-refractivity contribution in [2.75, 3.05) is 13.1 Å². The first kappa shape index (κ1) is 14.3. The van der Waals surface area contributed by atoms with Crippen molar-refractivity contribution in [3.63, 3.8) is 0 Å². The average Bonchev–Trinajstić information content (AvgIpc) is 2.37. The maximum absolute atomic E-state index is 13.3. The minimum Gasteiger partial charge on any atom is -0.409 e. The molecule has 0 unspecified atom stereocenters. The van der Waals surface area contributed by atoms with Crippen molar-refractivity contribution in [1.82, 2.24) is 4.90 Å². The molecule has 0 aromatic heterocycles. The van der Waals surface area contributed by atoms with Gasteiger partial charge in [-0.2, -0.15) is 0 Å². The third-order valence-corrected chi connectivity index (χ3v) is 3.91. The van der Waals surface area contributed by atoms with Crippen molar-refractivity contribution in [3.05, 3.63) is 34.1 Å². The van der Waals surface area contributed by atoms with Gasteiger partial charge in [0, 0.05) is 16.9 Å². The molecule has 1 aliphatic rings. The van der Waals surface area contributed by atoms with Crippen LogP contribution in [0.2, 0.25) is 0 Å². The number of halogens is 2. The Hall–Kier alpha value is -1.14. The second kappa shape index (κ2) is 6.34. The summed E-state index contributed by atoms with van der Waals surface area (Å²) in [6.45, 7) is 2.46. The van der Waals surface area contributed by atoms with Crippen LogP contribution in [0.15, 0.2) is 27.8 Å². The van der Waals surface area contributed by atoms with Gasteiger partial charge in [0.05, 0.1) is 0 Å². The smallest absolute Gasteiger partial charge is 0.142 e. The predicted octanol–water partition coefficient (Wildman–Crippen LogP) is 2.55. The number of rotatable bonds is 3. The van der Waals surface area contributed by atoms with Crippen LogP contribution in [-0.4, -0.2) is 29.0 Å². The van der Waals surface area contributed by atoms with E-state index >= 15 is 0 Å². The first-order valence-corrected chi connectivity index (χ1v) is 7.02. The lowest BCUT2D eigenvalue weighted by Gasteiger charge is -2.31. The zero-order valence-corrected chi connectivity index (χ0v) is 12.1. The number of piperidine rings is 1. The lowest BCUT2D eigenvalue weighted by molar-refractivity contribution is 0.198. The molecule has 2 rings (SSSR count). The highest BCUT2D eigenvalue weighted by molar-refractivity contribution is 9.10. The Balaban J connectivity index is 1.92. The Morgan fingerprint density at radius 2 is 2.11 bits per heavy atom. The van der Waals surface area contributed by atoms with Gasteiger partial charge in [0.1, 0.15) is 11.7 Å². The fourth-order valence-corrected chi connectivity index (χ4v) is 2.94. The first-order valence-electron chi connectivity index (χ1n) is 6.23. The molecule has 1 heterocycles. The standard InChI is InChI=1S/C13H17BrFN3O/c14-11-5-9(6-12(15)7-11)8-18-3-1-10(2-4-18)13(16)17-19/h5-7,10,19H,1-4,8H2,(H2,16,17). The molecule has 0 radical (unpaired) electrons. The van der Waals surface area contributed by atoms with Crippen LogP contribution in [0, 0.1) is 11.7 Å². The van der Waals surface area contributed by atoms with E-state index in [1.165, 1.54) is 6.07 Å². The molecule has 0 atom stereocenters. The van der Waals surface area contributed by atoms with Crippen LogP contribution in [0.25, 0.3) is 0 Å². The summed E-state index contributed by atoms with van der Waals surface area (Å²) in [7, 11) is 0. The van der Waals surface area contributed by atoms with Crippen molar-refractivity contribution in [2.24, 2.45) is 16.8 Å². The highest BCUT2D eigenvalue weighted by atomic mass is 79.9. The number of amidine groups is 1. The fourth-order valence-electron chi connectivity index (χ4n) is 2.43. The summed E-state index contributed by atoms with van der Waals surface area (Å²) in [6, 6.07) is 4.94. The van der Waals surface area contributed by atoms with E-state index in [-0.39, 0.29) is 11.7 Å². The van der Waals surface area contributed by atoms with Crippen LogP contribution in [0.5, 0.6) is 0 Å². The van der Waals surface area contributed by atoms with E-state index in [4.69, 9.17) is 10.9 Å². The molecule has 0 amide bonds. The minimum absolute atomic E-state index is 0.153. The Labute approximate surface area is 120 Å². The van der Waals surface area contributed by atoms with Crippen LogP contribution < -0.4 is 5.73 Å². The van der Waals surface area contributed by atoms with Gasteiger partial charge in [0.2, 0.25) is 0 Å². The van der Waals surface area contributed by atoms with Gasteiger partial charge in [-0.1, -0.05) is 21.1 Å². The number of benzene rings is 1.